The molecule has 0 aliphatic rings. The molecule has 3 amide bonds. The van der Waals surface area contributed by atoms with Gasteiger partial charge in [-0.25, -0.2) is 4.79 Å². The van der Waals surface area contributed by atoms with Crippen LogP contribution in [0, 0.1) is 5.92 Å². The molecule has 0 radical (unpaired) electrons. The Hall–Kier alpha value is -2.04. The van der Waals surface area contributed by atoms with E-state index in [1.165, 1.54) is 0 Å². The first-order valence-electron chi connectivity index (χ1n) is 6.90. The van der Waals surface area contributed by atoms with Crippen LogP contribution in [0.5, 0.6) is 0 Å². The van der Waals surface area contributed by atoms with Crippen LogP contribution in [0.3, 0.4) is 0 Å². The second kappa shape index (κ2) is 8.19. The van der Waals surface area contributed by atoms with Crippen molar-refractivity contribution in [3.8, 4) is 0 Å². The molecule has 0 saturated carbocycles. The fraction of sp³-hybridized carbons (Fsp3) is 0.467. The lowest BCUT2D eigenvalue weighted by Gasteiger charge is -2.11. The molecular formula is C15H23N3O2. The summed E-state index contributed by atoms with van der Waals surface area (Å²) in [6, 6.07) is 6.89. The highest BCUT2D eigenvalue weighted by atomic mass is 16.2. The van der Waals surface area contributed by atoms with Gasteiger partial charge in [0.1, 0.15) is 0 Å². The number of benzene rings is 1. The maximum Gasteiger partial charge on any atom is 0.319 e. The summed E-state index contributed by atoms with van der Waals surface area (Å²) >= 11 is 0. The monoisotopic (exact) mass is 277 g/mol. The third-order valence-corrected chi connectivity index (χ3v) is 2.87. The van der Waals surface area contributed by atoms with E-state index in [2.05, 4.69) is 24.5 Å². The number of hydrogen-bond acceptors (Lipinski definition) is 2. The van der Waals surface area contributed by atoms with Gasteiger partial charge in [-0.2, -0.15) is 0 Å². The molecule has 0 atom stereocenters. The molecule has 20 heavy (non-hydrogen) atoms. The molecular weight excluding hydrogens is 254 g/mol. The molecule has 0 fully saturated rings. The molecule has 0 unspecified atom stereocenters. The van der Waals surface area contributed by atoms with Crippen molar-refractivity contribution in [2.45, 2.75) is 33.1 Å². The van der Waals surface area contributed by atoms with Crippen molar-refractivity contribution in [1.82, 2.24) is 5.32 Å². The number of hydrogen-bond donors (Lipinski definition) is 3. The minimum Gasteiger partial charge on any atom is -0.369 e. The number of carbonyl (C=O) groups is 2. The van der Waals surface area contributed by atoms with E-state index in [1.54, 1.807) is 18.2 Å². The Bertz CT molecular complexity index is 458. The van der Waals surface area contributed by atoms with Gasteiger partial charge in [-0.05, 0) is 30.4 Å². The van der Waals surface area contributed by atoms with Crippen LogP contribution < -0.4 is 16.4 Å². The summed E-state index contributed by atoms with van der Waals surface area (Å²) in [4.78, 5) is 22.7. The first kappa shape index (κ1) is 16.0. The van der Waals surface area contributed by atoms with Gasteiger partial charge in [-0.1, -0.05) is 32.0 Å². The summed E-state index contributed by atoms with van der Waals surface area (Å²) in [5.41, 5.74) is 6.52. The fourth-order valence-corrected chi connectivity index (χ4v) is 1.86. The molecule has 0 heterocycles. The van der Waals surface area contributed by atoms with Crippen LogP contribution >= 0.6 is 0 Å². The van der Waals surface area contributed by atoms with E-state index in [1.807, 2.05) is 6.07 Å². The highest BCUT2D eigenvalue weighted by Crippen LogP contribution is 2.15. The third kappa shape index (κ3) is 6.22. The normalized spacial score (nSPS) is 10.3. The SMILES string of the molecule is CC(C)CCCNC(=O)Nc1ccccc1CC(N)=O. The summed E-state index contributed by atoms with van der Waals surface area (Å²) in [7, 11) is 0. The zero-order valence-electron chi connectivity index (χ0n) is 12.1. The topological polar surface area (TPSA) is 84.2 Å². The van der Waals surface area contributed by atoms with E-state index in [9.17, 15) is 9.59 Å². The number of urea groups is 1. The largest absolute Gasteiger partial charge is 0.369 e. The predicted octanol–water partition coefficient (Wildman–Crippen LogP) is 2.27. The van der Waals surface area contributed by atoms with Gasteiger partial charge in [0.05, 0.1) is 6.42 Å². The summed E-state index contributed by atoms with van der Waals surface area (Å²) in [5.74, 6) is 0.216. The Labute approximate surface area is 119 Å². The van der Waals surface area contributed by atoms with Crippen LogP contribution in [0.25, 0.3) is 0 Å². The van der Waals surface area contributed by atoms with Crippen LogP contribution in [-0.2, 0) is 11.2 Å². The minimum atomic E-state index is -0.420. The molecule has 1 aromatic carbocycles. The molecule has 5 nitrogen and oxygen atoms in total. The number of amides is 3. The Morgan fingerprint density at radius 2 is 1.95 bits per heavy atom. The van der Waals surface area contributed by atoms with Gasteiger partial charge < -0.3 is 16.4 Å². The Morgan fingerprint density at radius 1 is 1.25 bits per heavy atom. The molecule has 0 saturated heterocycles. The lowest BCUT2D eigenvalue weighted by Crippen LogP contribution is -2.30. The van der Waals surface area contributed by atoms with Gasteiger partial charge in [0.25, 0.3) is 0 Å². The molecule has 1 aromatic rings. The van der Waals surface area contributed by atoms with Gasteiger partial charge in [-0.3, -0.25) is 4.79 Å². The number of primary amides is 1. The van der Waals surface area contributed by atoms with Crippen LogP contribution in [0.2, 0.25) is 0 Å². The Balaban J connectivity index is 2.47. The van der Waals surface area contributed by atoms with E-state index < -0.39 is 5.91 Å². The van der Waals surface area contributed by atoms with Crippen molar-refractivity contribution in [1.29, 1.82) is 0 Å². The molecule has 0 aliphatic carbocycles. The predicted molar refractivity (Wildman–Crippen MR) is 80.4 cm³/mol. The molecule has 0 aliphatic heterocycles. The number of para-hydroxylation sites is 1. The Morgan fingerprint density at radius 3 is 2.60 bits per heavy atom. The van der Waals surface area contributed by atoms with Crippen molar-refractivity contribution < 1.29 is 9.59 Å². The lowest BCUT2D eigenvalue weighted by atomic mass is 10.1. The molecule has 5 heteroatoms. The maximum absolute atomic E-state index is 11.8. The first-order valence-corrected chi connectivity index (χ1v) is 6.90. The molecule has 110 valence electrons. The fourth-order valence-electron chi connectivity index (χ4n) is 1.86. The van der Waals surface area contributed by atoms with Crippen LogP contribution in [0.15, 0.2) is 24.3 Å². The minimum absolute atomic E-state index is 0.115. The molecule has 0 spiro atoms. The highest BCUT2D eigenvalue weighted by molar-refractivity contribution is 5.91. The number of nitrogens with two attached hydrogens (primary N) is 1. The van der Waals surface area contributed by atoms with Crippen molar-refractivity contribution >= 4 is 17.6 Å². The molecule has 4 N–H and O–H groups in total. The van der Waals surface area contributed by atoms with Crippen molar-refractivity contribution in [2.24, 2.45) is 11.7 Å². The molecule has 1 rings (SSSR count). The molecule has 0 bridgehead atoms. The summed E-state index contributed by atoms with van der Waals surface area (Å²) in [5, 5.41) is 5.55. The van der Waals surface area contributed by atoms with E-state index in [0.717, 1.165) is 18.4 Å². The quantitative estimate of drug-likeness (QED) is 0.668. The van der Waals surface area contributed by atoms with Gasteiger partial charge in [0, 0.05) is 12.2 Å². The smallest absolute Gasteiger partial charge is 0.319 e. The second-order valence-electron chi connectivity index (χ2n) is 5.22. The number of anilines is 1. The zero-order chi connectivity index (χ0) is 15.0. The Kier molecular flexibility index (Phi) is 6.56. The summed E-state index contributed by atoms with van der Waals surface area (Å²) < 4.78 is 0. The van der Waals surface area contributed by atoms with Gasteiger partial charge in [-0.15, -0.1) is 0 Å². The highest BCUT2D eigenvalue weighted by Gasteiger charge is 2.07. The summed E-state index contributed by atoms with van der Waals surface area (Å²) in [6.07, 6.45) is 2.15. The van der Waals surface area contributed by atoms with Crippen molar-refractivity contribution in [3.05, 3.63) is 29.8 Å². The van der Waals surface area contributed by atoms with Crippen LogP contribution in [0.1, 0.15) is 32.3 Å². The summed E-state index contributed by atoms with van der Waals surface area (Å²) in [6.45, 7) is 4.95. The zero-order valence-corrected chi connectivity index (χ0v) is 12.1. The number of nitrogens with one attached hydrogen (secondary N) is 2. The van der Waals surface area contributed by atoms with E-state index in [4.69, 9.17) is 5.73 Å². The van der Waals surface area contributed by atoms with Gasteiger partial charge >= 0.3 is 6.03 Å². The maximum atomic E-state index is 11.8. The second-order valence-corrected chi connectivity index (χ2v) is 5.22. The third-order valence-electron chi connectivity index (χ3n) is 2.87. The van der Waals surface area contributed by atoms with Crippen molar-refractivity contribution in [2.75, 3.05) is 11.9 Å². The lowest BCUT2D eigenvalue weighted by molar-refractivity contribution is -0.117. The van der Waals surface area contributed by atoms with E-state index in [-0.39, 0.29) is 12.5 Å². The van der Waals surface area contributed by atoms with Crippen LogP contribution in [-0.4, -0.2) is 18.5 Å². The standard InChI is InChI=1S/C15H23N3O2/c1-11(2)6-5-9-17-15(20)18-13-8-4-3-7-12(13)10-14(16)19/h3-4,7-8,11H,5-6,9-10H2,1-2H3,(H2,16,19)(H2,17,18,20). The van der Waals surface area contributed by atoms with E-state index in [0.29, 0.717) is 18.2 Å². The average Bonchev–Trinajstić information content (AvgIpc) is 2.36. The average molecular weight is 277 g/mol. The number of carbonyl (C=O) groups excluding carboxylic acids is 2. The van der Waals surface area contributed by atoms with Gasteiger partial charge in [0.15, 0.2) is 0 Å². The van der Waals surface area contributed by atoms with Crippen molar-refractivity contribution in [3.63, 3.8) is 0 Å². The van der Waals surface area contributed by atoms with Crippen LogP contribution in [0.4, 0.5) is 10.5 Å². The van der Waals surface area contributed by atoms with E-state index >= 15 is 0 Å². The first-order chi connectivity index (χ1) is 9.49. The molecule has 0 aromatic heterocycles. The number of rotatable bonds is 7. The van der Waals surface area contributed by atoms with Gasteiger partial charge in [0.2, 0.25) is 5.91 Å².